The molecule has 2 aromatic carbocycles. The molecule has 0 aliphatic rings. The first-order valence-electron chi connectivity index (χ1n) is 6.63. The maximum Gasteiger partial charge on any atom is 0.336 e. The maximum atomic E-state index is 13.0. The van der Waals surface area contributed by atoms with Crippen LogP contribution in [0.15, 0.2) is 53.1 Å². The van der Waals surface area contributed by atoms with E-state index in [1.54, 1.807) is 37.3 Å². The fraction of sp³-hybridized carbons (Fsp3) is 0.0588. The number of aromatic nitrogens is 1. The van der Waals surface area contributed by atoms with Crippen LogP contribution in [-0.4, -0.2) is 16.2 Å². The van der Waals surface area contributed by atoms with Crippen LogP contribution < -0.4 is 0 Å². The molecule has 0 atom stereocenters. The summed E-state index contributed by atoms with van der Waals surface area (Å²) in [5.41, 5.74) is 2.60. The van der Waals surface area contributed by atoms with Crippen molar-refractivity contribution >= 4 is 5.97 Å². The molecule has 22 heavy (non-hydrogen) atoms. The summed E-state index contributed by atoms with van der Waals surface area (Å²) in [4.78, 5) is 11.3. The minimum atomic E-state index is -1.03. The molecule has 0 unspecified atom stereocenters. The lowest BCUT2D eigenvalue weighted by molar-refractivity contribution is 0.0697. The zero-order valence-corrected chi connectivity index (χ0v) is 11.7. The van der Waals surface area contributed by atoms with E-state index in [1.165, 1.54) is 18.2 Å². The minimum Gasteiger partial charge on any atom is -0.478 e. The third kappa shape index (κ3) is 2.37. The highest BCUT2D eigenvalue weighted by Gasteiger charge is 2.20. The van der Waals surface area contributed by atoms with Gasteiger partial charge in [-0.15, -0.1) is 0 Å². The molecule has 4 nitrogen and oxygen atoms in total. The Morgan fingerprint density at radius 3 is 2.50 bits per heavy atom. The fourth-order valence-corrected chi connectivity index (χ4v) is 2.33. The van der Waals surface area contributed by atoms with Crippen LogP contribution >= 0.6 is 0 Å². The van der Waals surface area contributed by atoms with E-state index in [-0.39, 0.29) is 11.4 Å². The molecule has 0 saturated heterocycles. The van der Waals surface area contributed by atoms with Crippen LogP contribution in [0.4, 0.5) is 4.39 Å². The molecule has 0 radical (unpaired) electrons. The second-order valence-corrected chi connectivity index (χ2v) is 4.84. The number of hydrogen-bond acceptors (Lipinski definition) is 3. The van der Waals surface area contributed by atoms with Crippen molar-refractivity contribution in [3.05, 3.63) is 65.5 Å². The summed E-state index contributed by atoms with van der Waals surface area (Å²) in [6.07, 6.45) is 0. The van der Waals surface area contributed by atoms with Gasteiger partial charge in [0.15, 0.2) is 5.76 Å². The van der Waals surface area contributed by atoms with Crippen LogP contribution in [0.1, 0.15) is 15.9 Å². The van der Waals surface area contributed by atoms with E-state index in [0.717, 1.165) is 0 Å². The van der Waals surface area contributed by atoms with Gasteiger partial charge >= 0.3 is 5.97 Å². The zero-order valence-electron chi connectivity index (χ0n) is 11.7. The summed E-state index contributed by atoms with van der Waals surface area (Å²) in [6.45, 7) is 1.79. The van der Waals surface area contributed by atoms with Gasteiger partial charge < -0.3 is 9.63 Å². The quantitative estimate of drug-likeness (QED) is 0.788. The van der Waals surface area contributed by atoms with Crippen molar-refractivity contribution < 1.29 is 18.8 Å². The molecular weight excluding hydrogens is 285 g/mol. The van der Waals surface area contributed by atoms with E-state index >= 15 is 0 Å². The van der Waals surface area contributed by atoms with Gasteiger partial charge in [-0.05, 0) is 37.3 Å². The maximum absolute atomic E-state index is 13.0. The standard InChI is InChI=1S/C17H12FNO3/c1-10-15(11-6-8-12(18)9-7-11)19-22-16(10)13-4-2-3-5-14(13)17(20)21/h2-9H,1H3,(H,20,21). The number of halogens is 1. The number of benzene rings is 2. The third-order valence-corrected chi connectivity index (χ3v) is 3.44. The Kier molecular flexibility index (Phi) is 3.47. The van der Waals surface area contributed by atoms with Gasteiger partial charge in [0.05, 0.1) is 5.56 Å². The molecule has 0 saturated carbocycles. The Balaban J connectivity index is 2.12. The molecule has 1 N–H and O–H groups in total. The van der Waals surface area contributed by atoms with Gasteiger partial charge in [-0.3, -0.25) is 0 Å². The van der Waals surface area contributed by atoms with Crippen molar-refractivity contribution in [1.82, 2.24) is 5.16 Å². The molecule has 0 aliphatic carbocycles. The Morgan fingerprint density at radius 1 is 1.14 bits per heavy atom. The molecule has 5 heteroatoms. The molecule has 0 aliphatic heterocycles. The Hall–Kier alpha value is -2.95. The summed E-state index contributed by atoms with van der Waals surface area (Å²) in [5, 5.41) is 13.3. The average Bonchev–Trinajstić information content (AvgIpc) is 2.89. The smallest absolute Gasteiger partial charge is 0.336 e. The molecule has 0 bridgehead atoms. The topological polar surface area (TPSA) is 63.3 Å². The molecule has 0 spiro atoms. The number of carboxylic acid groups (broad SMARTS) is 1. The van der Waals surface area contributed by atoms with Crippen molar-refractivity contribution in [2.75, 3.05) is 0 Å². The first-order chi connectivity index (χ1) is 10.6. The third-order valence-electron chi connectivity index (χ3n) is 3.44. The lowest BCUT2D eigenvalue weighted by Gasteiger charge is -2.03. The number of carbonyl (C=O) groups is 1. The molecule has 0 fully saturated rings. The fourth-order valence-electron chi connectivity index (χ4n) is 2.33. The highest BCUT2D eigenvalue weighted by atomic mass is 19.1. The lowest BCUT2D eigenvalue weighted by Crippen LogP contribution is -1.99. The first-order valence-corrected chi connectivity index (χ1v) is 6.63. The van der Waals surface area contributed by atoms with E-state index < -0.39 is 5.97 Å². The van der Waals surface area contributed by atoms with Crippen molar-refractivity contribution in [2.45, 2.75) is 6.92 Å². The number of hydrogen-bond donors (Lipinski definition) is 1. The summed E-state index contributed by atoms with van der Waals surface area (Å²) in [5.74, 6) is -0.964. The van der Waals surface area contributed by atoms with E-state index in [0.29, 0.717) is 28.1 Å². The van der Waals surface area contributed by atoms with E-state index in [2.05, 4.69) is 5.16 Å². The second-order valence-electron chi connectivity index (χ2n) is 4.84. The van der Waals surface area contributed by atoms with Gasteiger partial charge in [0, 0.05) is 16.7 Å². The highest BCUT2D eigenvalue weighted by Crippen LogP contribution is 2.33. The Bertz CT molecular complexity index is 837. The van der Waals surface area contributed by atoms with Crippen LogP contribution in [0.25, 0.3) is 22.6 Å². The molecule has 0 amide bonds. The number of carboxylic acids is 1. The number of aromatic carboxylic acids is 1. The van der Waals surface area contributed by atoms with Gasteiger partial charge in [-0.1, -0.05) is 23.4 Å². The van der Waals surface area contributed by atoms with Gasteiger partial charge in [0.25, 0.3) is 0 Å². The van der Waals surface area contributed by atoms with Crippen molar-refractivity contribution in [1.29, 1.82) is 0 Å². The van der Waals surface area contributed by atoms with Crippen molar-refractivity contribution in [2.24, 2.45) is 0 Å². The SMILES string of the molecule is Cc1c(-c2ccc(F)cc2)noc1-c1ccccc1C(=O)O. The van der Waals surface area contributed by atoms with Crippen LogP contribution in [0.3, 0.4) is 0 Å². The van der Waals surface area contributed by atoms with Crippen LogP contribution in [0, 0.1) is 12.7 Å². The predicted molar refractivity (Wildman–Crippen MR) is 79.0 cm³/mol. The second kappa shape index (κ2) is 5.44. The molecule has 1 aromatic heterocycles. The van der Waals surface area contributed by atoms with Crippen molar-refractivity contribution in [3.63, 3.8) is 0 Å². The highest BCUT2D eigenvalue weighted by molar-refractivity contribution is 5.96. The normalized spacial score (nSPS) is 10.6. The average molecular weight is 297 g/mol. The van der Waals surface area contributed by atoms with Gasteiger partial charge in [0.1, 0.15) is 11.5 Å². The summed E-state index contributed by atoms with van der Waals surface area (Å²) in [6, 6.07) is 12.5. The van der Waals surface area contributed by atoms with Gasteiger partial charge in [0.2, 0.25) is 0 Å². The van der Waals surface area contributed by atoms with Crippen LogP contribution in [0.2, 0.25) is 0 Å². The van der Waals surface area contributed by atoms with Crippen molar-refractivity contribution in [3.8, 4) is 22.6 Å². The summed E-state index contributed by atoms with van der Waals surface area (Å²) in [7, 11) is 0. The zero-order chi connectivity index (χ0) is 15.7. The van der Waals surface area contributed by atoms with Crippen LogP contribution in [0.5, 0.6) is 0 Å². The van der Waals surface area contributed by atoms with E-state index in [4.69, 9.17) is 4.52 Å². The molecule has 3 aromatic rings. The predicted octanol–water partition coefficient (Wildman–Crippen LogP) is 4.15. The summed E-state index contributed by atoms with van der Waals surface area (Å²) >= 11 is 0. The molecule has 3 rings (SSSR count). The Morgan fingerprint density at radius 2 is 1.82 bits per heavy atom. The van der Waals surface area contributed by atoms with E-state index in [9.17, 15) is 14.3 Å². The van der Waals surface area contributed by atoms with Crippen LogP contribution in [-0.2, 0) is 0 Å². The monoisotopic (exact) mass is 297 g/mol. The molecule has 110 valence electrons. The minimum absolute atomic E-state index is 0.146. The Labute approximate surface area is 125 Å². The first kappa shape index (κ1) is 14.0. The molecule has 1 heterocycles. The largest absolute Gasteiger partial charge is 0.478 e. The van der Waals surface area contributed by atoms with Gasteiger partial charge in [-0.2, -0.15) is 0 Å². The number of nitrogens with zero attached hydrogens (tertiary/aromatic N) is 1. The van der Waals surface area contributed by atoms with E-state index in [1.807, 2.05) is 0 Å². The summed E-state index contributed by atoms with van der Waals surface area (Å²) < 4.78 is 18.4. The molecular formula is C17H12FNO3. The van der Waals surface area contributed by atoms with Gasteiger partial charge in [-0.25, -0.2) is 9.18 Å². The number of rotatable bonds is 3. The lowest BCUT2D eigenvalue weighted by atomic mass is 10.00.